The van der Waals surface area contributed by atoms with Gasteiger partial charge in [-0.15, -0.1) is 0 Å². The molecule has 1 aliphatic carbocycles. The van der Waals surface area contributed by atoms with Crippen LogP contribution in [0.3, 0.4) is 0 Å². The molecule has 2 heteroatoms. The summed E-state index contributed by atoms with van der Waals surface area (Å²) in [5.41, 5.74) is 0.662. The summed E-state index contributed by atoms with van der Waals surface area (Å²) in [6.45, 7) is 17.8. The van der Waals surface area contributed by atoms with E-state index in [0.29, 0.717) is 17.1 Å². The van der Waals surface area contributed by atoms with E-state index in [9.17, 15) is 0 Å². The zero-order valence-electron chi connectivity index (χ0n) is 17.1. The lowest BCUT2D eigenvalue weighted by molar-refractivity contribution is -0.0803. The maximum Gasteiger partial charge on any atom is 0.0176 e. The van der Waals surface area contributed by atoms with Gasteiger partial charge < -0.3 is 5.32 Å². The van der Waals surface area contributed by atoms with Crippen molar-refractivity contribution in [2.45, 2.75) is 123 Å². The van der Waals surface area contributed by atoms with E-state index in [-0.39, 0.29) is 0 Å². The van der Waals surface area contributed by atoms with Gasteiger partial charge in [0.05, 0.1) is 0 Å². The van der Waals surface area contributed by atoms with Crippen molar-refractivity contribution in [3.05, 3.63) is 0 Å². The van der Waals surface area contributed by atoms with E-state index in [4.69, 9.17) is 0 Å². The smallest absolute Gasteiger partial charge is 0.0176 e. The zero-order chi connectivity index (χ0) is 17.4. The number of piperidine rings is 1. The van der Waals surface area contributed by atoms with Crippen LogP contribution in [0.15, 0.2) is 0 Å². The van der Waals surface area contributed by atoms with Crippen LogP contribution in [-0.2, 0) is 0 Å². The van der Waals surface area contributed by atoms with Crippen LogP contribution in [0.1, 0.15) is 100 Å². The van der Waals surface area contributed by atoms with Crippen molar-refractivity contribution in [2.24, 2.45) is 0 Å². The minimum atomic E-state index is 0.331. The SMILES string of the molecule is CC.CC.CNC1CC(C)(C)N(C2CCCCC2)C(C)(C)C1. The quantitative estimate of drug-likeness (QED) is 0.712. The van der Waals surface area contributed by atoms with Crippen molar-refractivity contribution in [3.63, 3.8) is 0 Å². The van der Waals surface area contributed by atoms with E-state index >= 15 is 0 Å². The highest BCUT2D eigenvalue weighted by Gasteiger charge is 2.47. The fourth-order valence-electron chi connectivity index (χ4n) is 4.83. The van der Waals surface area contributed by atoms with Crippen LogP contribution in [0.4, 0.5) is 0 Å². The molecule has 0 atom stereocenters. The van der Waals surface area contributed by atoms with Crippen LogP contribution in [0.5, 0.6) is 0 Å². The molecule has 0 aromatic rings. The lowest BCUT2D eigenvalue weighted by atomic mass is 9.74. The van der Waals surface area contributed by atoms with Crippen LogP contribution in [0.25, 0.3) is 0 Å². The van der Waals surface area contributed by atoms with Gasteiger partial charge in [-0.25, -0.2) is 0 Å². The second-order valence-corrected chi connectivity index (χ2v) is 7.68. The van der Waals surface area contributed by atoms with E-state index < -0.39 is 0 Å². The fraction of sp³-hybridized carbons (Fsp3) is 1.00. The topological polar surface area (TPSA) is 15.3 Å². The van der Waals surface area contributed by atoms with Gasteiger partial charge >= 0.3 is 0 Å². The first-order chi connectivity index (χ1) is 10.4. The molecule has 0 aromatic heterocycles. The Hall–Kier alpha value is -0.0800. The van der Waals surface area contributed by atoms with Crippen molar-refractivity contribution >= 4 is 0 Å². The first kappa shape index (κ1) is 21.9. The standard InChI is InChI=1S/C16H32N2.2C2H6/c1-15(2)11-13(17-5)12-16(3,4)18(15)14-9-7-6-8-10-14;2*1-2/h13-14,17H,6-12H2,1-5H3;2*1-2H3. The first-order valence-corrected chi connectivity index (χ1v) is 9.83. The van der Waals surface area contributed by atoms with E-state index in [2.05, 4.69) is 45.0 Å². The van der Waals surface area contributed by atoms with Gasteiger partial charge in [0, 0.05) is 23.2 Å². The highest BCUT2D eigenvalue weighted by Crippen LogP contribution is 2.42. The molecular weight excluding hydrogens is 268 g/mol. The molecule has 134 valence electrons. The minimum absolute atomic E-state index is 0.331. The molecule has 1 aliphatic heterocycles. The van der Waals surface area contributed by atoms with E-state index in [1.807, 2.05) is 27.7 Å². The Morgan fingerprint density at radius 3 is 1.55 bits per heavy atom. The third-order valence-electron chi connectivity index (χ3n) is 5.14. The fourth-order valence-corrected chi connectivity index (χ4v) is 4.83. The van der Waals surface area contributed by atoms with Crippen molar-refractivity contribution in [1.82, 2.24) is 10.2 Å². The largest absolute Gasteiger partial charge is 0.317 e. The van der Waals surface area contributed by atoms with Gasteiger partial charge in [0.15, 0.2) is 0 Å². The minimum Gasteiger partial charge on any atom is -0.317 e. The van der Waals surface area contributed by atoms with Gasteiger partial charge in [0.2, 0.25) is 0 Å². The Morgan fingerprint density at radius 1 is 0.773 bits per heavy atom. The molecule has 0 spiro atoms. The summed E-state index contributed by atoms with van der Waals surface area (Å²) in [5.74, 6) is 0. The Bertz CT molecular complexity index is 259. The summed E-state index contributed by atoms with van der Waals surface area (Å²) in [5, 5.41) is 3.51. The molecule has 0 aromatic carbocycles. The van der Waals surface area contributed by atoms with Gasteiger partial charge in [-0.1, -0.05) is 47.0 Å². The van der Waals surface area contributed by atoms with Crippen LogP contribution in [0, 0.1) is 0 Å². The molecule has 2 nitrogen and oxygen atoms in total. The third-order valence-corrected chi connectivity index (χ3v) is 5.14. The molecule has 22 heavy (non-hydrogen) atoms. The first-order valence-electron chi connectivity index (χ1n) is 9.83. The van der Waals surface area contributed by atoms with Gasteiger partial charge in [0.25, 0.3) is 0 Å². The van der Waals surface area contributed by atoms with Crippen molar-refractivity contribution in [2.75, 3.05) is 7.05 Å². The Balaban J connectivity index is 0.00000102. The number of rotatable bonds is 2. The molecule has 0 radical (unpaired) electrons. The number of likely N-dealkylation sites (tertiary alicyclic amines) is 1. The summed E-state index contributed by atoms with van der Waals surface area (Å²) in [4.78, 5) is 2.87. The Kier molecular flexibility index (Phi) is 9.89. The summed E-state index contributed by atoms with van der Waals surface area (Å²) < 4.78 is 0. The second-order valence-electron chi connectivity index (χ2n) is 7.68. The van der Waals surface area contributed by atoms with E-state index in [1.165, 1.54) is 44.9 Å². The molecule has 1 saturated heterocycles. The van der Waals surface area contributed by atoms with Crippen molar-refractivity contribution < 1.29 is 0 Å². The Morgan fingerprint density at radius 2 is 1.18 bits per heavy atom. The number of hydrogen-bond donors (Lipinski definition) is 1. The van der Waals surface area contributed by atoms with Crippen LogP contribution < -0.4 is 5.32 Å². The highest BCUT2D eigenvalue weighted by atomic mass is 15.3. The average Bonchev–Trinajstić information content (AvgIpc) is 2.50. The third kappa shape index (κ3) is 5.53. The average molecular weight is 313 g/mol. The number of nitrogens with one attached hydrogen (secondary N) is 1. The monoisotopic (exact) mass is 312 g/mol. The zero-order valence-corrected chi connectivity index (χ0v) is 17.1. The summed E-state index contributed by atoms with van der Waals surface area (Å²) in [6.07, 6.45) is 9.71. The lowest BCUT2D eigenvalue weighted by Crippen LogP contribution is -2.66. The molecule has 1 N–H and O–H groups in total. The van der Waals surface area contributed by atoms with Gasteiger partial charge in [-0.3, -0.25) is 4.90 Å². The molecule has 2 aliphatic rings. The van der Waals surface area contributed by atoms with Gasteiger partial charge in [-0.2, -0.15) is 0 Å². The van der Waals surface area contributed by atoms with Gasteiger partial charge in [0.1, 0.15) is 0 Å². The van der Waals surface area contributed by atoms with Gasteiger partial charge in [-0.05, 0) is 60.4 Å². The summed E-state index contributed by atoms with van der Waals surface area (Å²) in [7, 11) is 2.12. The molecule has 0 amide bonds. The summed E-state index contributed by atoms with van der Waals surface area (Å²) in [6, 6.07) is 1.50. The molecule has 0 bridgehead atoms. The lowest BCUT2D eigenvalue weighted by Gasteiger charge is -2.59. The summed E-state index contributed by atoms with van der Waals surface area (Å²) >= 11 is 0. The van der Waals surface area contributed by atoms with Crippen molar-refractivity contribution in [1.29, 1.82) is 0 Å². The van der Waals surface area contributed by atoms with Crippen LogP contribution in [-0.4, -0.2) is 35.1 Å². The number of nitrogens with zero attached hydrogens (tertiary/aromatic N) is 1. The predicted molar refractivity (Wildman–Crippen MR) is 102 cm³/mol. The molecule has 1 heterocycles. The maximum absolute atomic E-state index is 3.51. The van der Waals surface area contributed by atoms with E-state index in [0.717, 1.165) is 6.04 Å². The second kappa shape index (κ2) is 9.93. The van der Waals surface area contributed by atoms with Crippen LogP contribution in [0.2, 0.25) is 0 Å². The molecule has 2 fully saturated rings. The number of hydrogen-bond acceptors (Lipinski definition) is 2. The van der Waals surface area contributed by atoms with Crippen LogP contribution >= 0.6 is 0 Å². The predicted octanol–water partition coefficient (Wildman–Crippen LogP) is 5.61. The Labute approximate surface area is 141 Å². The molecule has 0 unspecified atom stereocenters. The molecular formula is C20H44N2. The highest BCUT2D eigenvalue weighted by molar-refractivity contribution is 5.04. The molecule has 2 rings (SSSR count). The maximum atomic E-state index is 3.51. The molecule has 1 saturated carbocycles. The normalized spacial score (nSPS) is 25.5. The van der Waals surface area contributed by atoms with Crippen molar-refractivity contribution in [3.8, 4) is 0 Å². The van der Waals surface area contributed by atoms with E-state index in [1.54, 1.807) is 0 Å².